The van der Waals surface area contributed by atoms with E-state index in [1.807, 2.05) is 38.1 Å². The van der Waals surface area contributed by atoms with E-state index in [-0.39, 0.29) is 10.5 Å². The summed E-state index contributed by atoms with van der Waals surface area (Å²) in [5.74, 6) is -0.930. The van der Waals surface area contributed by atoms with Gasteiger partial charge in [-0.05, 0) is 43.2 Å². The van der Waals surface area contributed by atoms with Gasteiger partial charge in [-0.25, -0.2) is 13.1 Å². The van der Waals surface area contributed by atoms with E-state index < -0.39 is 34.7 Å². The maximum absolute atomic E-state index is 12.6. The molecule has 0 aliphatic carbocycles. The molecule has 152 valence electrons. The smallest absolute Gasteiger partial charge is 0.343 e. The Hall–Kier alpha value is -2.39. The lowest BCUT2D eigenvalue weighted by molar-refractivity contribution is -0.123. The van der Waals surface area contributed by atoms with E-state index in [0.717, 1.165) is 11.1 Å². The van der Waals surface area contributed by atoms with E-state index in [1.165, 1.54) is 24.3 Å². The number of carbonyl (C=O) groups excluding carboxylic acids is 1. The molecule has 0 saturated carbocycles. The molecule has 0 spiro atoms. The highest BCUT2D eigenvalue weighted by atomic mass is 32.2. The first-order chi connectivity index (χ1) is 13.0. The van der Waals surface area contributed by atoms with Crippen molar-refractivity contribution in [2.75, 3.05) is 6.54 Å². The molecule has 0 radical (unpaired) electrons. The topological polar surface area (TPSA) is 75.3 Å². The van der Waals surface area contributed by atoms with Crippen LogP contribution in [0.3, 0.4) is 0 Å². The van der Waals surface area contributed by atoms with E-state index in [1.54, 1.807) is 5.32 Å². The van der Waals surface area contributed by atoms with E-state index >= 15 is 0 Å². The summed E-state index contributed by atoms with van der Waals surface area (Å²) in [5, 5.41) is 1.74. The quantitative estimate of drug-likeness (QED) is 0.725. The average molecular weight is 414 g/mol. The summed E-state index contributed by atoms with van der Waals surface area (Å²) in [6.07, 6.45) is -3.99. The highest BCUT2D eigenvalue weighted by Gasteiger charge is 2.28. The number of alkyl halides is 3. The first-order valence-electron chi connectivity index (χ1n) is 8.56. The van der Waals surface area contributed by atoms with E-state index in [0.29, 0.717) is 6.42 Å². The summed E-state index contributed by atoms with van der Waals surface area (Å²) in [4.78, 5) is 11.6. The highest BCUT2D eigenvalue weighted by molar-refractivity contribution is 7.89. The normalized spacial score (nSPS) is 13.2. The SMILES string of the molecule is CC[C@H](NS(=O)(=O)c1ccc(C(=O)NCC(F)(F)F)cc1)c1ccc(C)cc1. The van der Waals surface area contributed by atoms with Crippen LogP contribution in [0.15, 0.2) is 53.4 Å². The number of hydrogen-bond donors (Lipinski definition) is 2. The minimum absolute atomic E-state index is 0.0613. The second kappa shape index (κ2) is 8.74. The number of nitrogens with one attached hydrogen (secondary N) is 2. The molecule has 0 heterocycles. The van der Waals surface area contributed by atoms with Gasteiger partial charge in [-0.15, -0.1) is 0 Å². The number of hydrogen-bond acceptors (Lipinski definition) is 3. The van der Waals surface area contributed by atoms with Crippen LogP contribution in [0.25, 0.3) is 0 Å². The molecule has 0 bridgehead atoms. The lowest BCUT2D eigenvalue weighted by Gasteiger charge is -2.18. The molecule has 9 heteroatoms. The average Bonchev–Trinajstić information content (AvgIpc) is 2.64. The van der Waals surface area contributed by atoms with Gasteiger partial charge < -0.3 is 5.32 Å². The Morgan fingerprint density at radius 2 is 1.61 bits per heavy atom. The molecule has 2 aromatic rings. The zero-order valence-corrected chi connectivity index (χ0v) is 16.2. The Morgan fingerprint density at radius 1 is 1.04 bits per heavy atom. The number of benzene rings is 2. The van der Waals surface area contributed by atoms with Crippen LogP contribution < -0.4 is 10.0 Å². The molecule has 0 aromatic heterocycles. The largest absolute Gasteiger partial charge is 0.405 e. The zero-order valence-electron chi connectivity index (χ0n) is 15.4. The third-order valence-electron chi connectivity index (χ3n) is 4.06. The Bertz CT molecular complexity index is 909. The zero-order chi connectivity index (χ0) is 20.9. The van der Waals surface area contributed by atoms with E-state index in [2.05, 4.69) is 4.72 Å². The first kappa shape index (κ1) is 21.9. The van der Waals surface area contributed by atoms with E-state index in [4.69, 9.17) is 0 Å². The third kappa shape index (κ3) is 6.07. The van der Waals surface area contributed by atoms with Crippen LogP contribution >= 0.6 is 0 Å². The van der Waals surface area contributed by atoms with Crippen molar-refractivity contribution in [3.8, 4) is 0 Å². The van der Waals surface area contributed by atoms with Gasteiger partial charge in [0.15, 0.2) is 0 Å². The van der Waals surface area contributed by atoms with Gasteiger partial charge in [0.2, 0.25) is 10.0 Å². The van der Waals surface area contributed by atoms with Gasteiger partial charge in [-0.1, -0.05) is 36.8 Å². The predicted octanol–water partition coefficient (Wildman–Crippen LogP) is 3.72. The van der Waals surface area contributed by atoms with Gasteiger partial charge in [0.25, 0.3) is 5.91 Å². The van der Waals surface area contributed by atoms with Crippen molar-refractivity contribution in [2.24, 2.45) is 0 Å². The molecule has 0 aliphatic heterocycles. The molecule has 0 fully saturated rings. The molecular formula is C19H21F3N2O3S. The van der Waals surface area contributed by atoms with Crippen LogP contribution in [0, 0.1) is 6.92 Å². The minimum atomic E-state index is -4.52. The molecule has 28 heavy (non-hydrogen) atoms. The van der Waals surface area contributed by atoms with Gasteiger partial charge in [-0.3, -0.25) is 4.79 Å². The van der Waals surface area contributed by atoms with Gasteiger partial charge in [0.1, 0.15) is 6.54 Å². The molecule has 2 N–H and O–H groups in total. The summed E-state index contributed by atoms with van der Waals surface area (Å²) in [6, 6.07) is 11.8. The molecular weight excluding hydrogens is 393 g/mol. The Morgan fingerprint density at radius 3 is 2.11 bits per heavy atom. The van der Waals surface area contributed by atoms with Crippen LogP contribution in [0.2, 0.25) is 0 Å². The molecule has 0 saturated heterocycles. The van der Waals surface area contributed by atoms with Crippen molar-refractivity contribution in [3.63, 3.8) is 0 Å². The summed E-state index contributed by atoms with van der Waals surface area (Å²) in [6.45, 7) is 2.32. The number of carbonyl (C=O) groups is 1. The van der Waals surface area contributed by atoms with Crippen molar-refractivity contribution >= 4 is 15.9 Å². The third-order valence-corrected chi connectivity index (χ3v) is 5.55. The minimum Gasteiger partial charge on any atom is -0.343 e. The van der Waals surface area contributed by atoms with Crippen LogP contribution in [-0.2, 0) is 10.0 Å². The monoisotopic (exact) mass is 414 g/mol. The second-order valence-corrected chi connectivity index (χ2v) is 8.03. The first-order valence-corrected chi connectivity index (χ1v) is 10.0. The van der Waals surface area contributed by atoms with Crippen molar-refractivity contribution in [1.29, 1.82) is 0 Å². The van der Waals surface area contributed by atoms with Gasteiger partial charge in [0.05, 0.1) is 4.90 Å². The van der Waals surface area contributed by atoms with Crippen LogP contribution in [0.1, 0.15) is 40.9 Å². The van der Waals surface area contributed by atoms with Crippen LogP contribution in [0.4, 0.5) is 13.2 Å². The number of aryl methyl sites for hydroxylation is 1. The lowest BCUT2D eigenvalue weighted by atomic mass is 10.0. The van der Waals surface area contributed by atoms with Crippen LogP contribution in [0.5, 0.6) is 0 Å². The maximum Gasteiger partial charge on any atom is 0.405 e. The van der Waals surface area contributed by atoms with Gasteiger partial charge in [-0.2, -0.15) is 13.2 Å². The van der Waals surface area contributed by atoms with Gasteiger partial charge >= 0.3 is 6.18 Å². The standard InChI is InChI=1S/C19H21F3N2O3S/c1-3-17(14-6-4-13(2)5-7-14)24-28(26,27)16-10-8-15(9-11-16)18(25)23-12-19(20,21)22/h4-11,17,24H,3,12H2,1-2H3,(H,23,25)/t17-/m0/s1. The summed E-state index contributed by atoms with van der Waals surface area (Å²) >= 11 is 0. The Labute approximate surface area is 162 Å². The molecule has 1 amide bonds. The molecule has 0 aliphatic rings. The molecule has 5 nitrogen and oxygen atoms in total. The Balaban J connectivity index is 2.12. The summed E-state index contributed by atoms with van der Waals surface area (Å²) in [7, 11) is -3.87. The molecule has 0 unspecified atom stereocenters. The van der Waals surface area contributed by atoms with Crippen molar-refractivity contribution < 1.29 is 26.4 Å². The fraction of sp³-hybridized carbons (Fsp3) is 0.316. The molecule has 2 aromatic carbocycles. The van der Waals surface area contributed by atoms with Gasteiger partial charge in [0, 0.05) is 11.6 Å². The van der Waals surface area contributed by atoms with E-state index in [9.17, 15) is 26.4 Å². The number of sulfonamides is 1. The fourth-order valence-electron chi connectivity index (χ4n) is 2.51. The Kier molecular flexibility index (Phi) is 6.84. The van der Waals surface area contributed by atoms with Crippen molar-refractivity contribution in [3.05, 3.63) is 65.2 Å². The number of amides is 1. The summed E-state index contributed by atoms with van der Waals surface area (Å²) in [5.41, 5.74) is 1.81. The lowest BCUT2D eigenvalue weighted by Crippen LogP contribution is -2.33. The number of halogens is 3. The van der Waals surface area contributed by atoms with Crippen molar-refractivity contribution in [1.82, 2.24) is 10.0 Å². The van der Waals surface area contributed by atoms with Crippen LogP contribution in [-0.4, -0.2) is 27.0 Å². The second-order valence-electron chi connectivity index (χ2n) is 6.32. The molecule has 2 rings (SSSR count). The maximum atomic E-state index is 12.6. The fourth-order valence-corrected chi connectivity index (χ4v) is 3.82. The van der Waals surface area contributed by atoms with Crippen molar-refractivity contribution in [2.45, 2.75) is 37.4 Å². The summed E-state index contributed by atoms with van der Waals surface area (Å²) < 4.78 is 64.4. The highest BCUT2D eigenvalue weighted by Crippen LogP contribution is 2.21. The predicted molar refractivity (Wildman–Crippen MR) is 99.4 cm³/mol. The molecule has 1 atom stereocenters. The number of rotatable bonds is 7.